The fraction of sp³-hybridized carbons (Fsp3) is 0. The molecule has 7 heteroatoms. The summed E-state index contributed by atoms with van der Waals surface area (Å²) in [4.78, 5) is 7.07. The van der Waals surface area contributed by atoms with Crippen LogP contribution >= 0.6 is 17.0 Å². The SMILES string of the molecule is Oc1ccccn1.Oc1ccccn1.[Cl][Zr][Cl]. The molecule has 4 nitrogen and oxygen atoms in total. The van der Waals surface area contributed by atoms with E-state index in [-0.39, 0.29) is 11.8 Å². The summed E-state index contributed by atoms with van der Waals surface area (Å²) in [6, 6.07) is 10.0. The number of hydrogen-bond donors (Lipinski definition) is 2. The summed E-state index contributed by atoms with van der Waals surface area (Å²) in [5.74, 6) is 0.144. The van der Waals surface area contributed by atoms with E-state index in [1.165, 1.54) is 24.5 Å². The van der Waals surface area contributed by atoms with Gasteiger partial charge in [0.25, 0.3) is 0 Å². The van der Waals surface area contributed by atoms with Crippen molar-refractivity contribution in [1.29, 1.82) is 0 Å². The molecule has 0 aliphatic rings. The maximum atomic E-state index is 8.52. The van der Waals surface area contributed by atoms with Crippen LogP contribution in [0.3, 0.4) is 0 Å². The first-order valence-electron chi connectivity index (χ1n) is 4.37. The van der Waals surface area contributed by atoms with Crippen molar-refractivity contribution in [3.8, 4) is 11.8 Å². The first-order chi connectivity index (χ1) is 8.20. The number of nitrogens with zero attached hydrogens (tertiary/aromatic N) is 2. The summed E-state index contributed by atoms with van der Waals surface area (Å²) in [6.07, 6.45) is 3.07. The van der Waals surface area contributed by atoms with Crippen LogP contribution in [0.1, 0.15) is 0 Å². The predicted octanol–water partition coefficient (Wildman–Crippen LogP) is 2.95. The van der Waals surface area contributed by atoms with Crippen LogP contribution in [0.25, 0.3) is 0 Å². The van der Waals surface area contributed by atoms with E-state index >= 15 is 0 Å². The number of halogens is 2. The zero-order valence-electron chi connectivity index (χ0n) is 8.66. The van der Waals surface area contributed by atoms with E-state index in [2.05, 4.69) is 9.97 Å². The van der Waals surface area contributed by atoms with E-state index in [1.54, 1.807) is 24.3 Å². The van der Waals surface area contributed by atoms with Gasteiger partial charge in [-0.05, 0) is 12.1 Å². The molecule has 0 amide bonds. The van der Waals surface area contributed by atoms with Crippen molar-refractivity contribution >= 4 is 17.0 Å². The molecule has 0 saturated carbocycles. The Morgan fingerprint density at radius 1 is 0.824 bits per heavy atom. The monoisotopic (exact) mass is 350 g/mol. The molecule has 2 heterocycles. The number of rotatable bonds is 0. The van der Waals surface area contributed by atoms with Crippen LogP contribution in [0.4, 0.5) is 0 Å². The fourth-order valence-electron chi connectivity index (χ4n) is 0.707. The van der Waals surface area contributed by atoms with Gasteiger partial charge < -0.3 is 10.2 Å². The molecule has 90 valence electrons. The van der Waals surface area contributed by atoms with Crippen LogP contribution in [-0.4, -0.2) is 20.2 Å². The average molecular weight is 352 g/mol. The second-order valence-corrected chi connectivity index (χ2v) is 6.18. The van der Waals surface area contributed by atoms with Gasteiger partial charge in [0.15, 0.2) is 0 Å². The predicted molar refractivity (Wildman–Crippen MR) is 63.5 cm³/mol. The molecule has 0 spiro atoms. The van der Waals surface area contributed by atoms with Gasteiger partial charge in [0.2, 0.25) is 11.8 Å². The van der Waals surface area contributed by atoms with Crippen molar-refractivity contribution in [1.82, 2.24) is 9.97 Å². The van der Waals surface area contributed by atoms with E-state index in [0.29, 0.717) is 0 Å². The summed E-state index contributed by atoms with van der Waals surface area (Å²) in [5.41, 5.74) is 0. The molecule has 2 aromatic rings. The van der Waals surface area contributed by atoms with Crippen LogP contribution in [0.2, 0.25) is 0 Å². The van der Waals surface area contributed by atoms with Crippen molar-refractivity contribution in [2.45, 2.75) is 0 Å². The Morgan fingerprint density at radius 2 is 1.18 bits per heavy atom. The van der Waals surface area contributed by atoms with Gasteiger partial charge in [-0.3, -0.25) is 0 Å². The van der Waals surface area contributed by atoms with Crippen LogP contribution in [0.5, 0.6) is 11.8 Å². The van der Waals surface area contributed by atoms with E-state index in [4.69, 9.17) is 27.2 Å². The minimum atomic E-state index is -0.826. The van der Waals surface area contributed by atoms with E-state index in [0.717, 1.165) is 0 Å². The van der Waals surface area contributed by atoms with Crippen molar-refractivity contribution in [3.05, 3.63) is 48.8 Å². The third kappa shape index (κ3) is 11.6. The number of pyridine rings is 2. The molecule has 0 saturated heterocycles. The van der Waals surface area contributed by atoms with Gasteiger partial charge in [-0.1, -0.05) is 12.1 Å². The quantitative estimate of drug-likeness (QED) is 0.765. The number of aromatic nitrogens is 2. The third-order valence-corrected chi connectivity index (χ3v) is 1.30. The average Bonchev–Trinajstić information content (AvgIpc) is 2.33. The molecule has 17 heavy (non-hydrogen) atoms. The normalized spacial score (nSPS) is 7.88. The molecule has 0 atom stereocenters. The zero-order chi connectivity index (χ0) is 12.9. The Balaban J connectivity index is 0.000000247. The zero-order valence-corrected chi connectivity index (χ0v) is 12.6. The molecule has 0 aliphatic carbocycles. The van der Waals surface area contributed by atoms with Crippen molar-refractivity contribution in [2.24, 2.45) is 0 Å². The molecule has 0 bridgehead atoms. The molecule has 2 aromatic heterocycles. The van der Waals surface area contributed by atoms with E-state index in [1.807, 2.05) is 0 Å². The summed E-state index contributed by atoms with van der Waals surface area (Å²) in [6.45, 7) is 0. The molecule has 0 aromatic carbocycles. The molecule has 2 N–H and O–H groups in total. The van der Waals surface area contributed by atoms with Crippen LogP contribution in [0, 0.1) is 0 Å². The Morgan fingerprint density at radius 3 is 1.29 bits per heavy atom. The van der Waals surface area contributed by atoms with Crippen LogP contribution in [-0.2, 0) is 20.8 Å². The van der Waals surface area contributed by atoms with Gasteiger partial charge in [-0.15, -0.1) is 0 Å². The summed E-state index contributed by atoms with van der Waals surface area (Å²) in [7, 11) is 9.87. The van der Waals surface area contributed by atoms with Crippen molar-refractivity contribution in [2.75, 3.05) is 0 Å². The van der Waals surface area contributed by atoms with E-state index in [9.17, 15) is 0 Å². The molecule has 0 unspecified atom stereocenters. The molecule has 0 aliphatic heterocycles. The number of hydrogen-bond acceptors (Lipinski definition) is 4. The summed E-state index contributed by atoms with van der Waals surface area (Å²) < 4.78 is 0. The first-order valence-corrected chi connectivity index (χ1v) is 10.7. The fourth-order valence-corrected chi connectivity index (χ4v) is 0.707. The Kier molecular flexibility index (Phi) is 11.4. The molecule has 0 radical (unpaired) electrons. The maximum absolute atomic E-state index is 8.52. The van der Waals surface area contributed by atoms with Gasteiger partial charge >= 0.3 is 37.9 Å². The Hall–Kier alpha value is -0.637. The van der Waals surface area contributed by atoms with Crippen molar-refractivity contribution < 1.29 is 31.1 Å². The van der Waals surface area contributed by atoms with Gasteiger partial charge in [-0.2, -0.15) is 0 Å². The topological polar surface area (TPSA) is 66.2 Å². The molecule has 0 fully saturated rings. The summed E-state index contributed by atoms with van der Waals surface area (Å²) in [5, 5.41) is 17.0. The van der Waals surface area contributed by atoms with Gasteiger partial charge in [0, 0.05) is 24.5 Å². The second-order valence-electron chi connectivity index (χ2n) is 2.45. The van der Waals surface area contributed by atoms with Gasteiger partial charge in [0.05, 0.1) is 0 Å². The van der Waals surface area contributed by atoms with E-state index < -0.39 is 20.8 Å². The summed E-state index contributed by atoms with van der Waals surface area (Å²) >= 11 is -0.826. The van der Waals surface area contributed by atoms with Crippen LogP contribution < -0.4 is 0 Å². The Bertz CT molecular complexity index is 341. The second kappa shape index (κ2) is 11.8. The third-order valence-electron chi connectivity index (χ3n) is 1.30. The molecular weight excluding hydrogens is 342 g/mol. The number of aromatic hydroxyl groups is 2. The minimum absolute atomic E-state index is 0.0718. The Labute approximate surface area is 118 Å². The van der Waals surface area contributed by atoms with Gasteiger partial charge in [-0.25, -0.2) is 9.97 Å². The molecule has 2 rings (SSSR count). The van der Waals surface area contributed by atoms with Gasteiger partial charge in [0.1, 0.15) is 0 Å². The first kappa shape index (κ1) is 16.4. The molecular formula is C10H10Cl2N2O2Zr. The standard InChI is InChI=1S/2C5H5NO.2ClH.Zr/c2*7-5-3-1-2-4-6-5;;;/h2*1-4H,(H,6,7);2*1H;/q;;;;+2/p-2. The van der Waals surface area contributed by atoms with Crippen LogP contribution in [0.15, 0.2) is 48.8 Å². The van der Waals surface area contributed by atoms with Crippen molar-refractivity contribution in [3.63, 3.8) is 0 Å².